The van der Waals surface area contributed by atoms with Gasteiger partial charge in [0, 0.05) is 46.2 Å². The van der Waals surface area contributed by atoms with E-state index in [1.807, 2.05) is 4.90 Å². The van der Waals surface area contributed by atoms with Gasteiger partial charge in [-0.2, -0.15) is 0 Å². The smallest absolute Gasteiger partial charge is 0.219 e. The molecule has 0 aromatic heterocycles. The Labute approximate surface area is 109 Å². The molecule has 1 amide bonds. The summed E-state index contributed by atoms with van der Waals surface area (Å²) in [5.74, 6) is 2.01. The number of aliphatic imine (C=N–C) groups is 1. The first-order valence-electron chi connectivity index (χ1n) is 6.99. The number of hydrogen-bond donors (Lipinski definition) is 1. The van der Waals surface area contributed by atoms with Gasteiger partial charge in [-0.3, -0.25) is 9.79 Å². The van der Waals surface area contributed by atoms with Crippen molar-refractivity contribution in [3.8, 4) is 0 Å². The van der Waals surface area contributed by atoms with Crippen molar-refractivity contribution in [3.05, 3.63) is 0 Å². The highest BCUT2D eigenvalue weighted by atomic mass is 16.2. The molecule has 5 heteroatoms. The molecule has 0 unspecified atom stereocenters. The van der Waals surface area contributed by atoms with Crippen molar-refractivity contribution in [3.63, 3.8) is 0 Å². The number of rotatable bonds is 3. The predicted octanol–water partition coefficient (Wildman–Crippen LogP) is 0.526. The molecule has 0 aromatic carbocycles. The van der Waals surface area contributed by atoms with Crippen molar-refractivity contribution in [2.45, 2.75) is 26.7 Å². The summed E-state index contributed by atoms with van der Waals surface area (Å²) >= 11 is 0. The third-order valence-electron chi connectivity index (χ3n) is 3.56. The molecule has 0 spiro atoms. The van der Waals surface area contributed by atoms with Crippen LogP contribution in [-0.2, 0) is 4.79 Å². The lowest BCUT2D eigenvalue weighted by Gasteiger charge is -2.36. The van der Waals surface area contributed by atoms with Crippen LogP contribution in [0.5, 0.6) is 0 Å². The van der Waals surface area contributed by atoms with Crippen molar-refractivity contribution in [2.24, 2.45) is 10.9 Å². The number of piperazine rings is 1. The molecule has 1 saturated carbocycles. The summed E-state index contributed by atoms with van der Waals surface area (Å²) in [6.07, 6.45) is 2.67. The Hall–Kier alpha value is -1.26. The van der Waals surface area contributed by atoms with Gasteiger partial charge in [0.05, 0.1) is 0 Å². The molecule has 18 heavy (non-hydrogen) atoms. The van der Waals surface area contributed by atoms with E-state index < -0.39 is 0 Å². The van der Waals surface area contributed by atoms with Gasteiger partial charge in [-0.25, -0.2) is 0 Å². The maximum atomic E-state index is 11.3. The largest absolute Gasteiger partial charge is 0.357 e. The molecule has 1 heterocycles. The molecular weight excluding hydrogens is 228 g/mol. The first-order chi connectivity index (χ1) is 8.70. The normalized spacial score (nSPS) is 21.1. The van der Waals surface area contributed by atoms with Gasteiger partial charge >= 0.3 is 0 Å². The lowest BCUT2D eigenvalue weighted by atomic mass is 10.3. The lowest BCUT2D eigenvalue weighted by molar-refractivity contribution is -0.130. The lowest BCUT2D eigenvalue weighted by Crippen LogP contribution is -2.53. The Morgan fingerprint density at radius 3 is 2.33 bits per heavy atom. The second-order valence-corrected chi connectivity index (χ2v) is 5.13. The van der Waals surface area contributed by atoms with Crippen molar-refractivity contribution in [1.29, 1.82) is 0 Å². The predicted molar refractivity (Wildman–Crippen MR) is 72.5 cm³/mol. The highest BCUT2D eigenvalue weighted by molar-refractivity contribution is 5.80. The molecule has 2 aliphatic rings. The average Bonchev–Trinajstić information content (AvgIpc) is 3.18. The summed E-state index contributed by atoms with van der Waals surface area (Å²) in [4.78, 5) is 20.2. The molecule has 5 nitrogen and oxygen atoms in total. The SMILES string of the molecule is CCNC(=NCC1CC1)N1CCN(C(C)=O)CC1. The van der Waals surface area contributed by atoms with Gasteiger partial charge in [0.2, 0.25) is 5.91 Å². The van der Waals surface area contributed by atoms with Crippen LogP contribution in [0.2, 0.25) is 0 Å². The van der Waals surface area contributed by atoms with Gasteiger partial charge in [0.25, 0.3) is 0 Å². The Morgan fingerprint density at radius 2 is 1.83 bits per heavy atom. The monoisotopic (exact) mass is 252 g/mol. The number of amides is 1. The van der Waals surface area contributed by atoms with Crippen LogP contribution in [0.15, 0.2) is 4.99 Å². The van der Waals surface area contributed by atoms with Crippen LogP contribution in [0, 0.1) is 5.92 Å². The van der Waals surface area contributed by atoms with Crippen molar-refractivity contribution >= 4 is 11.9 Å². The van der Waals surface area contributed by atoms with Crippen LogP contribution >= 0.6 is 0 Å². The van der Waals surface area contributed by atoms with E-state index in [0.29, 0.717) is 0 Å². The number of nitrogens with zero attached hydrogens (tertiary/aromatic N) is 3. The topological polar surface area (TPSA) is 47.9 Å². The minimum atomic E-state index is 0.176. The summed E-state index contributed by atoms with van der Waals surface area (Å²) in [6.45, 7) is 8.98. The zero-order chi connectivity index (χ0) is 13.0. The number of carbonyl (C=O) groups excluding carboxylic acids is 1. The third-order valence-corrected chi connectivity index (χ3v) is 3.56. The Balaban J connectivity index is 1.86. The molecule has 1 N–H and O–H groups in total. The van der Waals surface area contributed by atoms with E-state index in [9.17, 15) is 4.79 Å². The summed E-state index contributed by atoms with van der Waals surface area (Å²) in [7, 11) is 0. The fourth-order valence-corrected chi connectivity index (χ4v) is 2.17. The molecule has 0 radical (unpaired) electrons. The maximum Gasteiger partial charge on any atom is 0.219 e. The van der Waals surface area contributed by atoms with Crippen LogP contribution in [-0.4, -0.2) is 60.9 Å². The standard InChI is InChI=1S/C13H24N4O/c1-3-14-13(15-10-12-4-5-12)17-8-6-16(7-9-17)11(2)18/h12H,3-10H2,1-2H3,(H,14,15). The van der Waals surface area contributed by atoms with Crippen LogP contribution in [0.3, 0.4) is 0 Å². The van der Waals surface area contributed by atoms with Crippen molar-refractivity contribution in [2.75, 3.05) is 39.3 Å². The molecule has 0 aromatic rings. The molecule has 1 aliphatic heterocycles. The molecular formula is C13H24N4O. The number of carbonyl (C=O) groups is 1. The van der Waals surface area contributed by atoms with Gasteiger partial charge in [-0.05, 0) is 25.7 Å². The minimum Gasteiger partial charge on any atom is -0.357 e. The number of hydrogen-bond acceptors (Lipinski definition) is 2. The summed E-state index contributed by atoms with van der Waals surface area (Å²) in [5, 5.41) is 3.35. The van der Waals surface area contributed by atoms with Gasteiger partial charge < -0.3 is 15.1 Å². The van der Waals surface area contributed by atoms with E-state index in [-0.39, 0.29) is 5.91 Å². The average molecular weight is 252 g/mol. The second-order valence-electron chi connectivity index (χ2n) is 5.13. The van der Waals surface area contributed by atoms with Gasteiger partial charge in [-0.15, -0.1) is 0 Å². The van der Waals surface area contributed by atoms with Crippen LogP contribution in [0.4, 0.5) is 0 Å². The number of nitrogens with one attached hydrogen (secondary N) is 1. The van der Waals surface area contributed by atoms with E-state index >= 15 is 0 Å². The quantitative estimate of drug-likeness (QED) is 0.588. The Bertz CT molecular complexity index is 317. The molecule has 0 atom stereocenters. The van der Waals surface area contributed by atoms with E-state index in [1.165, 1.54) is 12.8 Å². The molecule has 2 fully saturated rings. The molecule has 0 bridgehead atoms. The fourth-order valence-electron chi connectivity index (χ4n) is 2.17. The van der Waals surface area contributed by atoms with Crippen LogP contribution < -0.4 is 5.32 Å². The zero-order valence-electron chi connectivity index (χ0n) is 11.5. The third kappa shape index (κ3) is 3.62. The summed E-state index contributed by atoms with van der Waals surface area (Å²) in [6, 6.07) is 0. The van der Waals surface area contributed by atoms with Crippen LogP contribution in [0.25, 0.3) is 0 Å². The Morgan fingerprint density at radius 1 is 1.22 bits per heavy atom. The fraction of sp³-hybridized carbons (Fsp3) is 0.846. The van der Waals surface area contributed by atoms with Gasteiger partial charge in [0.15, 0.2) is 5.96 Å². The molecule has 102 valence electrons. The van der Waals surface area contributed by atoms with Crippen LogP contribution in [0.1, 0.15) is 26.7 Å². The molecule has 1 saturated heterocycles. The molecule has 1 aliphatic carbocycles. The molecule has 2 rings (SSSR count). The highest BCUT2D eigenvalue weighted by Gasteiger charge is 2.23. The summed E-state index contributed by atoms with van der Waals surface area (Å²) in [5.41, 5.74) is 0. The zero-order valence-corrected chi connectivity index (χ0v) is 11.5. The first kappa shape index (κ1) is 13.2. The second kappa shape index (κ2) is 6.07. The van der Waals surface area contributed by atoms with Gasteiger partial charge in [-0.1, -0.05) is 0 Å². The minimum absolute atomic E-state index is 0.176. The number of guanidine groups is 1. The van der Waals surface area contributed by atoms with E-state index in [4.69, 9.17) is 4.99 Å². The van der Waals surface area contributed by atoms with Crippen molar-refractivity contribution < 1.29 is 4.79 Å². The first-order valence-corrected chi connectivity index (χ1v) is 6.99. The summed E-state index contributed by atoms with van der Waals surface area (Å²) < 4.78 is 0. The maximum absolute atomic E-state index is 11.3. The van der Waals surface area contributed by atoms with E-state index in [2.05, 4.69) is 17.1 Å². The highest BCUT2D eigenvalue weighted by Crippen LogP contribution is 2.28. The van der Waals surface area contributed by atoms with Crippen molar-refractivity contribution in [1.82, 2.24) is 15.1 Å². The van der Waals surface area contributed by atoms with Gasteiger partial charge in [0.1, 0.15) is 0 Å². The van der Waals surface area contributed by atoms with E-state index in [0.717, 1.165) is 51.1 Å². The Kier molecular flexibility index (Phi) is 4.44. The van der Waals surface area contributed by atoms with E-state index in [1.54, 1.807) is 6.92 Å².